The van der Waals surface area contributed by atoms with Gasteiger partial charge in [-0.2, -0.15) is 5.10 Å². The van der Waals surface area contributed by atoms with Crippen LogP contribution >= 0.6 is 11.8 Å². The number of hydrogen-bond donors (Lipinski definition) is 0. The van der Waals surface area contributed by atoms with E-state index in [1.54, 1.807) is 19.1 Å². The highest BCUT2D eigenvalue weighted by Gasteiger charge is 2.23. The third-order valence-corrected chi connectivity index (χ3v) is 4.42. The number of nitro groups is 1. The summed E-state index contributed by atoms with van der Waals surface area (Å²) in [6.07, 6.45) is 0.790. The Balaban J connectivity index is 2.15. The number of hydrogen-bond acceptors (Lipinski definition) is 4. The zero-order valence-electron chi connectivity index (χ0n) is 12.9. The van der Waals surface area contributed by atoms with Gasteiger partial charge in [0, 0.05) is 34.5 Å². The molecule has 0 saturated heterocycles. The molecular formula is C17H16ClN3O2. The van der Waals surface area contributed by atoms with E-state index < -0.39 is 0 Å². The van der Waals surface area contributed by atoms with Crippen molar-refractivity contribution in [1.29, 1.82) is 0 Å². The average Bonchev–Trinajstić information content (AvgIpc) is 2.64. The van der Waals surface area contributed by atoms with Crippen LogP contribution in [0.3, 0.4) is 0 Å². The maximum absolute atomic E-state index is 11.0. The van der Waals surface area contributed by atoms with E-state index in [1.807, 2.05) is 25.1 Å². The van der Waals surface area contributed by atoms with Crippen LogP contribution in [-0.4, -0.2) is 21.2 Å². The molecule has 1 aliphatic heterocycles. The molecule has 23 heavy (non-hydrogen) atoms. The van der Waals surface area contributed by atoms with Crippen molar-refractivity contribution < 1.29 is 4.92 Å². The Kier molecular flexibility index (Phi) is 4.05. The Morgan fingerprint density at radius 1 is 1.30 bits per heavy atom. The van der Waals surface area contributed by atoms with Crippen molar-refractivity contribution in [3.05, 3.63) is 74.8 Å². The Morgan fingerprint density at radius 2 is 2.04 bits per heavy atom. The topological polar surface area (TPSA) is 58.7 Å². The molecule has 0 bridgehead atoms. The van der Waals surface area contributed by atoms with E-state index in [0.29, 0.717) is 5.56 Å². The maximum atomic E-state index is 11.0. The molecule has 118 valence electrons. The van der Waals surface area contributed by atoms with Gasteiger partial charge in [-0.25, -0.2) is 4.53 Å². The molecule has 0 fully saturated rings. The largest absolute Gasteiger partial charge is 0.272 e. The third kappa shape index (κ3) is 2.92. The first-order chi connectivity index (χ1) is 11.0. The summed E-state index contributed by atoms with van der Waals surface area (Å²) in [6, 6.07) is 13.1. The zero-order chi connectivity index (χ0) is 16.6. The number of halogens is 1. The van der Waals surface area contributed by atoms with Gasteiger partial charge in [0.05, 0.1) is 16.7 Å². The van der Waals surface area contributed by atoms with Crippen molar-refractivity contribution in [2.45, 2.75) is 26.3 Å². The van der Waals surface area contributed by atoms with Crippen molar-refractivity contribution in [1.82, 2.24) is 4.53 Å². The molecule has 0 spiro atoms. The van der Waals surface area contributed by atoms with Gasteiger partial charge >= 0.3 is 0 Å². The van der Waals surface area contributed by atoms with Crippen molar-refractivity contribution in [2.75, 3.05) is 0 Å². The molecule has 5 nitrogen and oxygen atoms in total. The highest BCUT2D eigenvalue weighted by Crippen LogP contribution is 2.26. The van der Waals surface area contributed by atoms with E-state index >= 15 is 0 Å². The van der Waals surface area contributed by atoms with Crippen LogP contribution in [0, 0.1) is 17.0 Å². The summed E-state index contributed by atoms with van der Waals surface area (Å²) in [5.74, 6) is 0. The second-order valence-corrected chi connectivity index (χ2v) is 6.05. The summed E-state index contributed by atoms with van der Waals surface area (Å²) in [5.41, 5.74) is 4.44. The lowest BCUT2D eigenvalue weighted by Crippen LogP contribution is -2.20. The average molecular weight is 330 g/mol. The van der Waals surface area contributed by atoms with Gasteiger partial charge in [-0.05, 0) is 38.0 Å². The second-order valence-electron chi connectivity index (χ2n) is 5.71. The predicted octanol–water partition coefficient (Wildman–Crippen LogP) is 4.06. The zero-order valence-corrected chi connectivity index (χ0v) is 13.6. The molecule has 1 atom stereocenters. The molecule has 2 aromatic carbocycles. The van der Waals surface area contributed by atoms with Crippen LogP contribution in [0.1, 0.15) is 29.2 Å². The number of nitro benzene ring substituents is 1. The van der Waals surface area contributed by atoms with E-state index in [-0.39, 0.29) is 16.7 Å². The van der Waals surface area contributed by atoms with Gasteiger partial charge in [-0.15, -0.1) is 0 Å². The summed E-state index contributed by atoms with van der Waals surface area (Å²) in [7, 11) is 0. The van der Waals surface area contributed by atoms with Gasteiger partial charge in [-0.1, -0.05) is 24.3 Å². The standard InChI is InChI=1S/C17H16ClN3O2/c1-11-9-14(7-8-16(11)21(22)23)17-15-6-4-3-5-13(15)10-12(2)20(18)19-17/h3-9,12H,10H2,1-2H3. The Hall–Kier alpha value is -2.40. The van der Waals surface area contributed by atoms with E-state index in [0.717, 1.165) is 28.8 Å². The quantitative estimate of drug-likeness (QED) is 0.474. The number of nitrogens with zero attached hydrogens (tertiary/aromatic N) is 3. The minimum absolute atomic E-state index is 0.0643. The third-order valence-electron chi connectivity index (χ3n) is 4.01. The normalized spacial score (nSPS) is 17.3. The smallest absolute Gasteiger partial charge is 0.258 e. The number of aryl methyl sites for hydroxylation is 1. The monoisotopic (exact) mass is 329 g/mol. The van der Waals surface area contributed by atoms with Crippen molar-refractivity contribution >= 4 is 23.2 Å². The lowest BCUT2D eigenvalue weighted by atomic mass is 9.94. The van der Waals surface area contributed by atoms with Crippen LogP contribution in [-0.2, 0) is 6.42 Å². The summed E-state index contributed by atoms with van der Waals surface area (Å²) in [5, 5.41) is 15.5. The molecule has 3 rings (SSSR count). The van der Waals surface area contributed by atoms with Crippen LogP contribution in [0.2, 0.25) is 0 Å². The van der Waals surface area contributed by atoms with Crippen LogP contribution in [0.25, 0.3) is 0 Å². The highest BCUT2D eigenvalue weighted by atomic mass is 35.5. The molecule has 2 aromatic rings. The molecule has 6 heteroatoms. The first-order valence-electron chi connectivity index (χ1n) is 7.34. The molecule has 0 N–H and O–H groups in total. The van der Waals surface area contributed by atoms with Crippen molar-refractivity contribution in [3.63, 3.8) is 0 Å². The number of benzene rings is 2. The maximum Gasteiger partial charge on any atom is 0.272 e. The molecule has 1 aliphatic rings. The molecule has 1 heterocycles. The van der Waals surface area contributed by atoms with Crippen molar-refractivity contribution in [2.24, 2.45) is 5.10 Å². The van der Waals surface area contributed by atoms with Crippen LogP contribution in [0.5, 0.6) is 0 Å². The lowest BCUT2D eigenvalue weighted by Gasteiger charge is -2.16. The van der Waals surface area contributed by atoms with Crippen LogP contribution in [0.4, 0.5) is 5.69 Å². The number of rotatable bonds is 2. The summed E-state index contributed by atoms with van der Waals surface area (Å²) < 4.78 is 1.44. The molecule has 0 aliphatic carbocycles. The molecular weight excluding hydrogens is 314 g/mol. The SMILES string of the molecule is Cc1cc(C2=NN(Cl)C(C)Cc3ccccc32)ccc1[N+](=O)[O-]. The minimum Gasteiger partial charge on any atom is -0.258 e. The van der Waals surface area contributed by atoms with E-state index in [4.69, 9.17) is 11.8 Å². The van der Waals surface area contributed by atoms with Gasteiger partial charge in [-0.3, -0.25) is 10.1 Å². The molecule has 0 saturated carbocycles. The van der Waals surface area contributed by atoms with Gasteiger partial charge in [0.15, 0.2) is 0 Å². The number of hydrazone groups is 1. The fourth-order valence-electron chi connectivity index (χ4n) is 2.79. The second kappa shape index (κ2) is 6.01. The Morgan fingerprint density at radius 3 is 2.74 bits per heavy atom. The fourth-order valence-corrected chi connectivity index (χ4v) is 2.94. The van der Waals surface area contributed by atoms with Gasteiger partial charge in [0.1, 0.15) is 0 Å². The van der Waals surface area contributed by atoms with E-state index in [2.05, 4.69) is 11.2 Å². The Labute approximate surface area is 139 Å². The van der Waals surface area contributed by atoms with Crippen LogP contribution in [0.15, 0.2) is 47.6 Å². The molecule has 0 radical (unpaired) electrons. The summed E-state index contributed by atoms with van der Waals surface area (Å²) in [6.45, 7) is 3.74. The van der Waals surface area contributed by atoms with E-state index in [9.17, 15) is 10.1 Å². The molecule has 0 amide bonds. The first kappa shape index (κ1) is 15.5. The van der Waals surface area contributed by atoms with Crippen molar-refractivity contribution in [3.8, 4) is 0 Å². The lowest BCUT2D eigenvalue weighted by molar-refractivity contribution is -0.385. The predicted molar refractivity (Wildman–Crippen MR) is 90.8 cm³/mol. The number of fused-ring (bicyclic) bond motifs is 1. The summed E-state index contributed by atoms with van der Waals surface area (Å²) in [4.78, 5) is 10.6. The molecule has 1 unspecified atom stereocenters. The highest BCUT2D eigenvalue weighted by molar-refractivity contribution is 6.18. The van der Waals surface area contributed by atoms with Gasteiger partial charge < -0.3 is 0 Å². The fraction of sp³-hybridized carbons (Fsp3) is 0.235. The van der Waals surface area contributed by atoms with E-state index in [1.165, 1.54) is 10.6 Å². The minimum atomic E-state index is -0.377. The van der Waals surface area contributed by atoms with Gasteiger partial charge in [0.2, 0.25) is 0 Å². The summed E-state index contributed by atoms with van der Waals surface area (Å²) >= 11 is 6.27. The first-order valence-corrected chi connectivity index (χ1v) is 7.68. The molecule has 0 aromatic heterocycles. The van der Waals surface area contributed by atoms with Crippen LogP contribution < -0.4 is 0 Å². The Bertz CT molecular complexity index is 804. The van der Waals surface area contributed by atoms with Gasteiger partial charge in [0.25, 0.3) is 5.69 Å².